The Bertz CT molecular complexity index is 837. The molecule has 1 fully saturated rings. The predicted octanol–water partition coefficient (Wildman–Crippen LogP) is 2.18. The van der Waals surface area contributed by atoms with Gasteiger partial charge in [-0.15, -0.1) is 0 Å². The fourth-order valence-electron chi connectivity index (χ4n) is 3.07. The van der Waals surface area contributed by atoms with Gasteiger partial charge in [-0.3, -0.25) is 19.3 Å². The molecular formula is C21H28N2O7. The summed E-state index contributed by atoms with van der Waals surface area (Å²) >= 11 is 0. The van der Waals surface area contributed by atoms with Gasteiger partial charge in [0.05, 0.1) is 19.8 Å². The highest BCUT2D eigenvalue weighted by atomic mass is 16.5. The standard InChI is InChI=1S/C21H28N2O7/c1-13(2)8-9-21(3)19(26)23(20(27)22-21)11-18(25)30-12-16(24)15-10-14(28-4)6-7-17(15)29-5/h6-7,10,13H,8-9,11-12H2,1-5H3,(H,22,27)/t21-/m0/s1. The van der Waals surface area contributed by atoms with Crippen molar-refractivity contribution in [3.63, 3.8) is 0 Å². The largest absolute Gasteiger partial charge is 0.497 e. The highest BCUT2D eigenvalue weighted by molar-refractivity contribution is 6.08. The number of ether oxygens (including phenoxy) is 3. The number of urea groups is 1. The monoisotopic (exact) mass is 420 g/mol. The summed E-state index contributed by atoms with van der Waals surface area (Å²) in [5.74, 6) is -0.715. The molecule has 2 rings (SSSR count). The minimum absolute atomic E-state index is 0.195. The van der Waals surface area contributed by atoms with Gasteiger partial charge in [0.15, 0.2) is 6.61 Å². The maximum Gasteiger partial charge on any atom is 0.326 e. The van der Waals surface area contributed by atoms with Crippen LogP contribution in [0.4, 0.5) is 4.79 Å². The first-order valence-corrected chi connectivity index (χ1v) is 9.66. The van der Waals surface area contributed by atoms with Crippen LogP contribution < -0.4 is 14.8 Å². The van der Waals surface area contributed by atoms with Gasteiger partial charge in [-0.1, -0.05) is 13.8 Å². The molecule has 3 amide bonds. The van der Waals surface area contributed by atoms with Crippen molar-refractivity contribution in [3.05, 3.63) is 23.8 Å². The first-order valence-electron chi connectivity index (χ1n) is 9.66. The summed E-state index contributed by atoms with van der Waals surface area (Å²) in [7, 11) is 2.88. The molecule has 1 aliphatic rings. The number of hydrogen-bond acceptors (Lipinski definition) is 7. The molecule has 0 radical (unpaired) electrons. The van der Waals surface area contributed by atoms with Gasteiger partial charge in [-0.25, -0.2) is 4.79 Å². The molecule has 0 spiro atoms. The molecule has 9 nitrogen and oxygen atoms in total. The summed E-state index contributed by atoms with van der Waals surface area (Å²) in [5, 5.41) is 2.64. The molecule has 0 bridgehead atoms. The number of amides is 3. The van der Waals surface area contributed by atoms with Crippen LogP contribution in [0.5, 0.6) is 11.5 Å². The van der Waals surface area contributed by atoms with Crippen molar-refractivity contribution < 1.29 is 33.4 Å². The second-order valence-electron chi connectivity index (χ2n) is 7.74. The SMILES string of the molecule is COc1ccc(OC)c(C(=O)COC(=O)CN2C(=O)N[C@@](C)(CCC(C)C)C2=O)c1. The predicted molar refractivity (Wildman–Crippen MR) is 108 cm³/mol. The van der Waals surface area contributed by atoms with Crippen LogP contribution in [-0.4, -0.2) is 61.5 Å². The summed E-state index contributed by atoms with van der Waals surface area (Å²) in [6.45, 7) is 4.56. The molecule has 1 N–H and O–H groups in total. The molecule has 1 heterocycles. The summed E-state index contributed by atoms with van der Waals surface area (Å²) in [6.07, 6.45) is 1.21. The van der Waals surface area contributed by atoms with E-state index >= 15 is 0 Å². The Morgan fingerprint density at radius 3 is 2.47 bits per heavy atom. The van der Waals surface area contributed by atoms with Crippen molar-refractivity contribution in [1.82, 2.24) is 10.2 Å². The quantitative estimate of drug-likeness (QED) is 0.351. The van der Waals surface area contributed by atoms with Crippen molar-refractivity contribution in [2.75, 3.05) is 27.4 Å². The Morgan fingerprint density at radius 1 is 1.17 bits per heavy atom. The Kier molecular flexibility index (Phi) is 7.42. The molecule has 0 unspecified atom stereocenters. The molecule has 1 saturated heterocycles. The van der Waals surface area contributed by atoms with E-state index in [0.717, 1.165) is 11.3 Å². The van der Waals surface area contributed by atoms with Crippen LogP contribution in [0.3, 0.4) is 0 Å². The number of hydrogen-bond donors (Lipinski definition) is 1. The number of nitrogens with one attached hydrogen (secondary N) is 1. The van der Waals surface area contributed by atoms with Crippen LogP contribution in [0, 0.1) is 5.92 Å². The van der Waals surface area contributed by atoms with E-state index in [9.17, 15) is 19.2 Å². The summed E-state index contributed by atoms with van der Waals surface area (Å²) in [4.78, 5) is 50.3. The van der Waals surface area contributed by atoms with E-state index in [4.69, 9.17) is 14.2 Å². The zero-order chi connectivity index (χ0) is 22.5. The molecular weight excluding hydrogens is 392 g/mol. The third-order valence-electron chi connectivity index (χ3n) is 4.93. The second kappa shape index (κ2) is 9.60. The molecule has 1 aromatic rings. The average Bonchev–Trinajstić information content (AvgIpc) is 2.93. The number of methoxy groups -OCH3 is 2. The molecule has 1 aromatic carbocycles. The molecule has 0 aromatic heterocycles. The lowest BCUT2D eigenvalue weighted by molar-refractivity contribution is -0.146. The van der Waals surface area contributed by atoms with Crippen LogP contribution >= 0.6 is 0 Å². The lowest BCUT2D eigenvalue weighted by Crippen LogP contribution is -2.44. The fraction of sp³-hybridized carbons (Fsp3) is 0.524. The Hall–Kier alpha value is -3.10. The fourth-order valence-corrected chi connectivity index (χ4v) is 3.07. The molecule has 0 aliphatic carbocycles. The summed E-state index contributed by atoms with van der Waals surface area (Å²) in [5.41, 5.74) is -0.855. The average molecular weight is 420 g/mol. The highest BCUT2D eigenvalue weighted by Gasteiger charge is 2.48. The van der Waals surface area contributed by atoms with Gasteiger partial charge in [-0.2, -0.15) is 0 Å². The highest BCUT2D eigenvalue weighted by Crippen LogP contribution is 2.26. The number of esters is 1. The van der Waals surface area contributed by atoms with E-state index in [1.165, 1.54) is 20.3 Å². The van der Waals surface area contributed by atoms with Crippen LogP contribution in [0.2, 0.25) is 0 Å². The van der Waals surface area contributed by atoms with E-state index < -0.39 is 42.4 Å². The number of Topliss-reactive ketones (excluding diaryl/α,β-unsaturated/α-hetero) is 1. The molecule has 1 atom stereocenters. The van der Waals surface area contributed by atoms with E-state index in [-0.39, 0.29) is 5.56 Å². The number of benzene rings is 1. The number of carbonyl (C=O) groups is 4. The van der Waals surface area contributed by atoms with Gasteiger partial charge in [0.25, 0.3) is 5.91 Å². The number of ketones is 1. The van der Waals surface area contributed by atoms with Crippen molar-refractivity contribution in [3.8, 4) is 11.5 Å². The Morgan fingerprint density at radius 2 is 1.87 bits per heavy atom. The minimum atomic E-state index is -1.05. The van der Waals surface area contributed by atoms with E-state index in [1.54, 1.807) is 19.1 Å². The first kappa shape index (κ1) is 23.2. The molecule has 164 valence electrons. The van der Waals surface area contributed by atoms with Gasteiger partial charge < -0.3 is 19.5 Å². The Balaban J connectivity index is 1.97. The smallest absolute Gasteiger partial charge is 0.326 e. The number of imide groups is 1. The molecule has 1 aliphatic heterocycles. The zero-order valence-electron chi connectivity index (χ0n) is 17.9. The number of nitrogens with zero attached hydrogens (tertiary/aromatic N) is 1. The van der Waals surface area contributed by atoms with Crippen LogP contribution in [0.25, 0.3) is 0 Å². The first-order chi connectivity index (χ1) is 14.1. The van der Waals surface area contributed by atoms with E-state index in [2.05, 4.69) is 5.32 Å². The lowest BCUT2D eigenvalue weighted by Gasteiger charge is -2.22. The van der Waals surface area contributed by atoms with Crippen LogP contribution in [-0.2, 0) is 14.3 Å². The maximum absolute atomic E-state index is 12.6. The maximum atomic E-state index is 12.6. The summed E-state index contributed by atoms with van der Waals surface area (Å²) in [6, 6.07) is 4.03. The number of carbonyl (C=O) groups excluding carboxylic acids is 4. The minimum Gasteiger partial charge on any atom is -0.497 e. The topological polar surface area (TPSA) is 111 Å². The molecule has 9 heteroatoms. The zero-order valence-corrected chi connectivity index (χ0v) is 17.9. The van der Waals surface area contributed by atoms with Crippen molar-refractivity contribution in [2.24, 2.45) is 5.92 Å². The van der Waals surface area contributed by atoms with Gasteiger partial charge in [0.2, 0.25) is 5.78 Å². The van der Waals surface area contributed by atoms with E-state index in [0.29, 0.717) is 23.8 Å². The van der Waals surface area contributed by atoms with Gasteiger partial charge in [0.1, 0.15) is 23.6 Å². The van der Waals surface area contributed by atoms with Crippen molar-refractivity contribution in [1.29, 1.82) is 0 Å². The third kappa shape index (κ3) is 5.28. The van der Waals surface area contributed by atoms with Crippen molar-refractivity contribution >= 4 is 23.7 Å². The molecule has 30 heavy (non-hydrogen) atoms. The Labute approximate surface area is 175 Å². The van der Waals surface area contributed by atoms with Gasteiger partial charge in [-0.05, 0) is 43.9 Å². The van der Waals surface area contributed by atoms with Gasteiger partial charge >= 0.3 is 12.0 Å². The number of rotatable bonds is 10. The van der Waals surface area contributed by atoms with E-state index in [1.807, 2.05) is 13.8 Å². The lowest BCUT2D eigenvalue weighted by atomic mass is 9.92. The van der Waals surface area contributed by atoms with Crippen molar-refractivity contribution in [2.45, 2.75) is 39.2 Å². The van der Waals surface area contributed by atoms with Crippen LogP contribution in [0.1, 0.15) is 44.0 Å². The third-order valence-corrected chi connectivity index (χ3v) is 4.93. The molecule has 0 saturated carbocycles. The van der Waals surface area contributed by atoms with Crippen LogP contribution in [0.15, 0.2) is 18.2 Å². The normalized spacial score (nSPS) is 18.4. The van der Waals surface area contributed by atoms with Gasteiger partial charge in [0, 0.05) is 0 Å². The summed E-state index contributed by atoms with van der Waals surface area (Å²) < 4.78 is 15.2. The second-order valence-corrected chi connectivity index (χ2v) is 7.74.